The summed E-state index contributed by atoms with van der Waals surface area (Å²) in [5, 5.41) is 0.350. The first-order valence-electron chi connectivity index (χ1n) is 25.4. The van der Waals surface area contributed by atoms with E-state index in [1.807, 2.05) is 83.1 Å². The first kappa shape index (κ1) is 70.2. The van der Waals surface area contributed by atoms with Crippen LogP contribution < -0.4 is 16.8 Å². The van der Waals surface area contributed by atoms with Gasteiger partial charge in [0.1, 0.15) is 11.6 Å². The van der Waals surface area contributed by atoms with E-state index < -0.39 is 78.8 Å². The molecule has 445 valence electrons. The number of halogens is 10. The fourth-order valence-electron chi connectivity index (χ4n) is 7.97. The molecule has 0 bridgehead atoms. The van der Waals surface area contributed by atoms with Gasteiger partial charge in [-0.15, -0.1) is 0 Å². The van der Waals surface area contributed by atoms with Crippen LogP contribution in [0.5, 0.6) is 0 Å². The van der Waals surface area contributed by atoms with Crippen LogP contribution in [0.1, 0.15) is 108 Å². The van der Waals surface area contributed by atoms with E-state index in [4.69, 9.17) is 39.5 Å². The van der Waals surface area contributed by atoms with E-state index in [1.54, 1.807) is 19.1 Å². The van der Waals surface area contributed by atoms with Crippen LogP contribution in [-0.2, 0) is 72.9 Å². The molecule has 4 aromatic heterocycles. The number of imidazole rings is 2. The monoisotopic (exact) mass is 1320 g/mol. The Morgan fingerprint density at radius 2 is 0.878 bits per heavy atom. The summed E-state index contributed by atoms with van der Waals surface area (Å²) >= 11 is 8.20. The van der Waals surface area contributed by atoms with E-state index in [9.17, 15) is 44.7 Å². The molecule has 9 rings (SSSR count). The zero-order valence-electron chi connectivity index (χ0n) is 48.4. The molecule has 0 N–H and O–H groups in total. The molecular weight excluding hydrogens is 1260 g/mol. The number of rotatable bonds is 6. The third-order valence-corrected chi connectivity index (χ3v) is 14.7. The molecule has 7 heterocycles. The summed E-state index contributed by atoms with van der Waals surface area (Å²) in [6.45, 7) is 31.0. The molecule has 1 radical (unpaired) electrons. The van der Waals surface area contributed by atoms with Crippen LogP contribution in [0.4, 0.5) is 35.1 Å². The topological polar surface area (TPSA) is 135 Å². The summed E-state index contributed by atoms with van der Waals surface area (Å²) in [6.07, 6.45) is -4.01. The van der Waals surface area contributed by atoms with E-state index in [1.165, 1.54) is 64.6 Å². The van der Waals surface area contributed by atoms with Gasteiger partial charge >= 0.3 is 44.9 Å². The SMILES string of the molecule is CC1(C)OB(B2OC(C)(C)C(C)(C)O2)OC1(C)C.CCI.Cn1cc(-c2cc(B3OC(C)(C)C(C)(C)O3)ccn2)n(-c2ccc(F)c(C(F)(F)F)c2)c1=O.Cn1cc(-c2cc(Cl)ccn2)n(-c2ccc(F)c(C(F)(F)F)c2)c1=O.[CH2-]C.[V]. The van der Waals surface area contributed by atoms with Gasteiger partial charge in [0, 0.05) is 62.5 Å². The molecule has 6 aromatic rings. The molecule has 2 aromatic carbocycles. The quantitative estimate of drug-likeness (QED) is 0.0521. The third kappa shape index (κ3) is 15.2. The molecule has 0 atom stereocenters. The van der Waals surface area contributed by atoms with E-state index in [0.717, 1.165) is 21.3 Å². The van der Waals surface area contributed by atoms with Gasteiger partial charge in [-0.2, -0.15) is 33.3 Å². The second-order valence-electron chi connectivity index (χ2n) is 21.7. The van der Waals surface area contributed by atoms with Gasteiger partial charge < -0.3 is 44.0 Å². The van der Waals surface area contributed by atoms with Crippen molar-refractivity contribution in [3.63, 3.8) is 0 Å². The van der Waals surface area contributed by atoms with Crippen LogP contribution in [0.2, 0.25) is 5.02 Å². The Bertz CT molecular complexity index is 3240. The van der Waals surface area contributed by atoms with Gasteiger partial charge in [-0.25, -0.2) is 18.4 Å². The molecule has 0 spiro atoms. The van der Waals surface area contributed by atoms with Crippen LogP contribution in [0, 0.1) is 18.6 Å². The first-order valence-corrected chi connectivity index (χ1v) is 27.3. The number of hydrogen-bond acceptors (Lipinski definition) is 10. The normalized spacial score (nSPS) is 18.0. The largest absolute Gasteiger partial charge is 0.494 e. The van der Waals surface area contributed by atoms with Crippen molar-refractivity contribution in [1.82, 2.24) is 28.2 Å². The molecule has 82 heavy (non-hydrogen) atoms. The van der Waals surface area contributed by atoms with Crippen LogP contribution in [0.25, 0.3) is 34.2 Å². The summed E-state index contributed by atoms with van der Waals surface area (Å²) in [6, 6.07) is 11.1. The van der Waals surface area contributed by atoms with Crippen molar-refractivity contribution in [3.8, 4) is 34.2 Å². The smallest absolute Gasteiger partial charge is 0.405 e. The van der Waals surface area contributed by atoms with E-state index in [2.05, 4.69) is 46.4 Å². The van der Waals surface area contributed by atoms with Crippen molar-refractivity contribution >= 4 is 60.8 Å². The second-order valence-corrected chi connectivity index (χ2v) is 23.7. The van der Waals surface area contributed by atoms with Crippen LogP contribution >= 0.6 is 34.2 Å². The Morgan fingerprint density at radius 3 is 1.21 bits per heavy atom. The number of pyridine rings is 2. The fourth-order valence-corrected chi connectivity index (χ4v) is 8.13. The Morgan fingerprint density at radius 1 is 0.561 bits per heavy atom. The molecule has 0 aliphatic carbocycles. The maximum atomic E-state index is 13.8. The van der Waals surface area contributed by atoms with Crippen LogP contribution in [0.3, 0.4) is 0 Å². The first-order chi connectivity index (χ1) is 37.2. The minimum Gasteiger partial charge on any atom is -0.405 e. The van der Waals surface area contributed by atoms with Gasteiger partial charge in [-0.1, -0.05) is 41.1 Å². The summed E-state index contributed by atoms with van der Waals surface area (Å²) in [7, 11) is 1.27. The number of aromatic nitrogens is 6. The Hall–Kier alpha value is -4.24. The van der Waals surface area contributed by atoms with E-state index >= 15 is 0 Å². The zero-order chi connectivity index (χ0) is 61.4. The molecule has 14 nitrogen and oxygen atoms in total. The summed E-state index contributed by atoms with van der Waals surface area (Å²) in [4.78, 5) is 33.6. The molecule has 0 saturated carbocycles. The molecule has 3 aliphatic rings. The van der Waals surface area contributed by atoms with E-state index in [-0.39, 0.29) is 63.7 Å². The minimum absolute atomic E-state index is 0. The Kier molecular flexibility index (Phi) is 22.4. The average Bonchev–Trinajstić information content (AvgIpc) is 3.97. The van der Waals surface area contributed by atoms with E-state index in [0.29, 0.717) is 46.1 Å². The Labute approximate surface area is 504 Å². The van der Waals surface area contributed by atoms with Crippen molar-refractivity contribution in [3.05, 3.63) is 141 Å². The second kappa shape index (κ2) is 26.2. The van der Waals surface area contributed by atoms with Crippen molar-refractivity contribution in [2.75, 3.05) is 4.43 Å². The van der Waals surface area contributed by atoms with Crippen molar-refractivity contribution in [2.45, 2.75) is 143 Å². The van der Waals surface area contributed by atoms with Gasteiger partial charge in [0.15, 0.2) is 0 Å². The van der Waals surface area contributed by atoms with Crippen molar-refractivity contribution in [1.29, 1.82) is 0 Å². The average molecular weight is 1320 g/mol. The maximum Gasteiger partial charge on any atom is 0.494 e. The minimum atomic E-state index is -4.91. The van der Waals surface area contributed by atoms with Gasteiger partial charge in [0.25, 0.3) is 0 Å². The van der Waals surface area contributed by atoms with Gasteiger partial charge in [0.05, 0.1) is 78.9 Å². The number of alkyl halides is 7. The molecule has 28 heteroatoms. The summed E-state index contributed by atoms with van der Waals surface area (Å²) in [5.74, 6) is -2.83. The van der Waals surface area contributed by atoms with Crippen molar-refractivity contribution < 1.29 is 81.6 Å². The molecule has 0 amide bonds. The summed E-state index contributed by atoms with van der Waals surface area (Å²) < 4.78 is 148. The van der Waals surface area contributed by atoms with Gasteiger partial charge in [-0.05, 0) is 154 Å². The van der Waals surface area contributed by atoms with Crippen molar-refractivity contribution in [2.24, 2.45) is 14.1 Å². The molecule has 3 saturated heterocycles. The van der Waals surface area contributed by atoms with Crippen LogP contribution in [-0.4, -0.2) is 87.4 Å². The Balaban J connectivity index is 0.000000262. The molecule has 3 aliphatic heterocycles. The van der Waals surface area contributed by atoms with Gasteiger partial charge in [-0.3, -0.25) is 19.1 Å². The zero-order valence-corrected chi connectivity index (χ0v) is 52.7. The number of benzene rings is 2. The standard InChI is InChI=1S/C22H22BF4N3O3.C16H10ClF4N3O.C12H24B2O4.C2H5I.C2H5.V/c1-20(2)21(3,4)33-23(32-20)13-8-9-28-17(10-13)18-12-29(5)19(31)30(18)14-6-7-16(24)15(11-14)22(25,26)27;1-23-8-14(13-6-9(17)4-5-22-13)24(15(23)25)10-2-3-12(18)11(7-10)16(19,20)21;1-9(2)10(3,4)16-13(15-9)14-17-11(5,6)12(7,8)18-14;1-2-3;1-2;/h6-12H,1-5H3;2-8H,1H3;1-8H3;2H2,1H3;1H2,2H3;/q;;;;-1;. The number of nitrogens with zero attached hydrogens (tertiary/aromatic N) is 6. The predicted octanol–water partition coefficient (Wildman–Crippen LogP) is 12.3. The molecule has 3 fully saturated rings. The third-order valence-electron chi connectivity index (χ3n) is 14.4. The predicted molar refractivity (Wildman–Crippen MR) is 307 cm³/mol. The number of hydrogen-bond donors (Lipinski definition) is 0. The van der Waals surface area contributed by atoms with Crippen LogP contribution in [0.15, 0.2) is 95.0 Å². The number of aryl methyl sites for hydroxylation is 2. The molecule has 0 unspecified atom stereocenters. The van der Waals surface area contributed by atoms with Gasteiger partial charge in [0.2, 0.25) is 0 Å². The maximum absolute atomic E-state index is 13.8. The summed E-state index contributed by atoms with van der Waals surface area (Å²) in [5.41, 5.74) is -5.24. The fraction of sp³-hybridized carbons (Fsp3) is 0.463. The molecular formula is C54H66B3ClF8IN6O8V-.